The molecule has 3 N–H and O–H groups in total. The minimum absolute atomic E-state index is 0.114. The van der Waals surface area contributed by atoms with Gasteiger partial charge in [-0.2, -0.15) is 0 Å². The number of carbonyl (C=O) groups excluding carboxylic acids is 1. The summed E-state index contributed by atoms with van der Waals surface area (Å²) in [6.07, 6.45) is 11.5. The fraction of sp³-hybridized carbons (Fsp3) is 0.944. The van der Waals surface area contributed by atoms with Gasteiger partial charge in [-0.15, -0.1) is 0 Å². The average Bonchev–Trinajstić information content (AvgIpc) is 2.58. The Morgan fingerprint density at radius 3 is 1.92 bits per heavy atom. The number of hydrogen-bond donors (Lipinski definition) is 2. The topological polar surface area (TPSA) is 82.8 Å². The van der Waals surface area contributed by atoms with Crippen molar-refractivity contribution in [3.05, 3.63) is 0 Å². The number of nitrogens with two attached hydrogens (primary N) is 1. The summed E-state index contributed by atoms with van der Waals surface area (Å²) in [5.41, 5.74) is 5.10. The summed E-state index contributed by atoms with van der Waals surface area (Å²) in [5.74, 6) is -0.905. The van der Waals surface area contributed by atoms with Gasteiger partial charge in [0.15, 0.2) is 0 Å². The second-order valence-corrected chi connectivity index (χ2v) is 6.26. The van der Waals surface area contributed by atoms with E-state index in [1.54, 1.807) is 21.3 Å². The minimum atomic E-state index is -1.02. The van der Waals surface area contributed by atoms with Gasteiger partial charge in [-0.3, -0.25) is 0 Å². The van der Waals surface area contributed by atoms with Crippen LogP contribution in [0.3, 0.4) is 0 Å². The highest BCUT2D eigenvalue weighted by Crippen LogP contribution is 2.32. The van der Waals surface area contributed by atoms with Crippen molar-refractivity contribution in [1.29, 1.82) is 0 Å². The number of unbranched alkanes of at least 4 members (excludes halogenated alkanes) is 6. The number of nitrogens with one attached hydrogen (secondary N) is 1. The maximum absolute atomic E-state index is 10.8. The maximum atomic E-state index is 10.8. The van der Waals surface area contributed by atoms with Crippen LogP contribution in [0, 0.1) is 5.92 Å². The van der Waals surface area contributed by atoms with E-state index in [0.717, 1.165) is 25.7 Å². The third-order valence-electron chi connectivity index (χ3n) is 4.54. The van der Waals surface area contributed by atoms with Crippen LogP contribution in [0.2, 0.25) is 0 Å². The van der Waals surface area contributed by atoms with Crippen molar-refractivity contribution in [2.45, 2.75) is 77.1 Å². The van der Waals surface area contributed by atoms with Crippen molar-refractivity contribution in [1.82, 2.24) is 5.32 Å². The molecule has 0 rings (SSSR count). The van der Waals surface area contributed by atoms with Crippen molar-refractivity contribution in [3.63, 3.8) is 0 Å². The summed E-state index contributed by atoms with van der Waals surface area (Å²) in [7, 11) is 4.81. The van der Waals surface area contributed by atoms with Crippen molar-refractivity contribution in [2.24, 2.45) is 11.7 Å². The summed E-state index contributed by atoms with van der Waals surface area (Å²) < 4.78 is 16.6. The first kappa shape index (κ1) is 23.1. The third-order valence-corrected chi connectivity index (χ3v) is 4.54. The highest BCUT2D eigenvalue weighted by Gasteiger charge is 2.39. The summed E-state index contributed by atoms with van der Waals surface area (Å²) >= 11 is 0. The zero-order valence-electron chi connectivity index (χ0n) is 16.1. The fourth-order valence-corrected chi connectivity index (χ4v) is 3.16. The number of ether oxygens (including phenoxy) is 3. The number of rotatable bonds is 16. The van der Waals surface area contributed by atoms with E-state index in [1.807, 2.05) is 0 Å². The van der Waals surface area contributed by atoms with E-state index in [1.165, 1.54) is 38.5 Å². The van der Waals surface area contributed by atoms with Gasteiger partial charge in [-0.25, -0.2) is 4.79 Å². The Kier molecular flexibility index (Phi) is 14.0. The Labute approximate surface area is 147 Å². The molecule has 0 spiro atoms. The Morgan fingerprint density at radius 2 is 1.42 bits per heavy atom. The van der Waals surface area contributed by atoms with E-state index in [4.69, 9.17) is 19.9 Å². The molecule has 0 saturated heterocycles. The number of urea groups is 1. The first-order valence-corrected chi connectivity index (χ1v) is 9.25. The van der Waals surface area contributed by atoms with Crippen LogP contribution in [0.15, 0.2) is 0 Å². The Bertz CT molecular complexity index is 301. The Balaban J connectivity index is 4.33. The predicted molar refractivity (Wildman–Crippen MR) is 96.7 cm³/mol. The molecule has 144 valence electrons. The molecule has 6 nitrogen and oxygen atoms in total. The first-order chi connectivity index (χ1) is 11.6. The summed E-state index contributed by atoms with van der Waals surface area (Å²) in [6.45, 7) is 2.79. The molecule has 0 heterocycles. The van der Waals surface area contributed by atoms with Crippen LogP contribution in [0.5, 0.6) is 0 Å². The van der Waals surface area contributed by atoms with Gasteiger partial charge in [0.1, 0.15) is 0 Å². The highest BCUT2D eigenvalue weighted by molar-refractivity contribution is 5.71. The standard InChI is InChI=1S/C18H38N2O4/c1-5-6-7-8-9-10-11-13-16(14-12-15-20-17(19)21)18(22-2,23-3)24-4/h16H,5-15H2,1-4H3,(H3,19,20,21). The molecule has 1 unspecified atom stereocenters. The lowest BCUT2D eigenvalue weighted by molar-refractivity contribution is -0.380. The van der Waals surface area contributed by atoms with E-state index >= 15 is 0 Å². The number of amides is 2. The quantitative estimate of drug-likeness (QED) is 0.329. The molecule has 0 fully saturated rings. The van der Waals surface area contributed by atoms with Crippen LogP contribution in [-0.2, 0) is 14.2 Å². The molecule has 24 heavy (non-hydrogen) atoms. The number of methoxy groups -OCH3 is 3. The van der Waals surface area contributed by atoms with E-state index in [2.05, 4.69) is 12.2 Å². The lowest BCUT2D eigenvalue weighted by atomic mass is 9.93. The second-order valence-electron chi connectivity index (χ2n) is 6.26. The van der Waals surface area contributed by atoms with E-state index < -0.39 is 12.0 Å². The number of primary amides is 1. The molecule has 2 amide bonds. The molecule has 0 aliphatic heterocycles. The average molecular weight is 347 g/mol. The van der Waals surface area contributed by atoms with Crippen LogP contribution in [0.4, 0.5) is 4.79 Å². The van der Waals surface area contributed by atoms with Gasteiger partial charge < -0.3 is 25.3 Å². The van der Waals surface area contributed by atoms with Crippen molar-refractivity contribution >= 4 is 6.03 Å². The molecule has 0 radical (unpaired) electrons. The molecule has 0 aliphatic rings. The lowest BCUT2D eigenvalue weighted by Crippen LogP contribution is -2.44. The minimum Gasteiger partial charge on any atom is -0.352 e. The first-order valence-electron chi connectivity index (χ1n) is 9.25. The predicted octanol–water partition coefficient (Wildman–Crippen LogP) is 3.78. The zero-order valence-corrected chi connectivity index (χ0v) is 16.1. The molecule has 0 saturated carbocycles. The molecule has 1 atom stereocenters. The zero-order chi connectivity index (χ0) is 18.3. The van der Waals surface area contributed by atoms with Gasteiger partial charge in [-0.05, 0) is 19.3 Å². The summed E-state index contributed by atoms with van der Waals surface area (Å²) in [6, 6.07) is -0.491. The van der Waals surface area contributed by atoms with Crippen LogP contribution < -0.4 is 11.1 Å². The molecular formula is C18H38N2O4. The lowest BCUT2D eigenvalue weighted by Gasteiger charge is -2.36. The van der Waals surface area contributed by atoms with Gasteiger partial charge in [0, 0.05) is 33.8 Å². The Hall–Kier alpha value is -0.850. The van der Waals surface area contributed by atoms with Gasteiger partial charge in [0.25, 0.3) is 5.97 Å². The van der Waals surface area contributed by atoms with Gasteiger partial charge in [0.2, 0.25) is 0 Å². The number of carbonyl (C=O) groups is 1. The second kappa shape index (κ2) is 14.5. The van der Waals surface area contributed by atoms with Crippen LogP contribution in [0.25, 0.3) is 0 Å². The van der Waals surface area contributed by atoms with Crippen molar-refractivity contribution < 1.29 is 19.0 Å². The molecular weight excluding hydrogens is 308 g/mol. The van der Waals surface area contributed by atoms with Crippen LogP contribution in [-0.4, -0.2) is 39.9 Å². The molecule has 0 bridgehead atoms. The fourth-order valence-electron chi connectivity index (χ4n) is 3.16. The van der Waals surface area contributed by atoms with E-state index in [0.29, 0.717) is 6.54 Å². The largest absolute Gasteiger partial charge is 0.352 e. The molecule has 0 aromatic rings. The number of hydrogen-bond acceptors (Lipinski definition) is 4. The van der Waals surface area contributed by atoms with Crippen LogP contribution in [0.1, 0.15) is 71.1 Å². The van der Waals surface area contributed by atoms with Crippen molar-refractivity contribution in [2.75, 3.05) is 27.9 Å². The summed E-state index contributed by atoms with van der Waals surface area (Å²) in [5, 5.41) is 2.62. The Morgan fingerprint density at radius 1 is 0.917 bits per heavy atom. The van der Waals surface area contributed by atoms with Crippen LogP contribution >= 0.6 is 0 Å². The smallest absolute Gasteiger partial charge is 0.312 e. The van der Waals surface area contributed by atoms with E-state index in [-0.39, 0.29) is 5.92 Å². The van der Waals surface area contributed by atoms with E-state index in [9.17, 15) is 4.79 Å². The molecule has 0 aromatic carbocycles. The summed E-state index contributed by atoms with van der Waals surface area (Å²) in [4.78, 5) is 10.8. The molecule has 0 aliphatic carbocycles. The van der Waals surface area contributed by atoms with Gasteiger partial charge in [-0.1, -0.05) is 51.9 Å². The maximum Gasteiger partial charge on any atom is 0.312 e. The highest BCUT2D eigenvalue weighted by atomic mass is 16.9. The molecule has 0 aromatic heterocycles. The van der Waals surface area contributed by atoms with Crippen molar-refractivity contribution in [3.8, 4) is 0 Å². The molecule has 6 heteroatoms. The third kappa shape index (κ3) is 9.45. The SMILES string of the molecule is CCCCCCCCCC(CCCNC(N)=O)C(OC)(OC)OC. The van der Waals surface area contributed by atoms with Gasteiger partial charge in [0.05, 0.1) is 0 Å². The van der Waals surface area contributed by atoms with Gasteiger partial charge >= 0.3 is 6.03 Å². The monoisotopic (exact) mass is 346 g/mol. The normalized spacial score (nSPS) is 13.0.